The molecule has 6 heteroatoms. The van der Waals surface area contributed by atoms with Gasteiger partial charge in [0, 0.05) is 11.0 Å². The number of hydrogen-bond acceptors (Lipinski definition) is 4. The van der Waals surface area contributed by atoms with Crippen LogP contribution >= 0.6 is 15.9 Å². The normalized spacial score (nSPS) is 16.2. The van der Waals surface area contributed by atoms with Crippen LogP contribution in [0.3, 0.4) is 0 Å². The van der Waals surface area contributed by atoms with Crippen molar-refractivity contribution >= 4 is 27.5 Å². The van der Waals surface area contributed by atoms with E-state index in [2.05, 4.69) is 21.2 Å². The summed E-state index contributed by atoms with van der Waals surface area (Å²) in [7, 11) is 1.76. The second kappa shape index (κ2) is 5.69. The number of carbonyl (C=O) groups excluding carboxylic acids is 1. The van der Waals surface area contributed by atoms with Crippen LogP contribution in [0.25, 0.3) is 0 Å². The Morgan fingerprint density at radius 3 is 3.11 bits per heavy atom. The van der Waals surface area contributed by atoms with Crippen molar-refractivity contribution in [2.75, 3.05) is 31.6 Å². The van der Waals surface area contributed by atoms with Crippen LogP contribution in [0.15, 0.2) is 22.7 Å². The number of aliphatic hydroxyl groups excluding tert-OH is 1. The number of benzene rings is 1. The molecule has 0 saturated heterocycles. The standard InChI is InChI=1S/C12H15BrN2O3/c1-14-5-9(16)6-15-10-4-8(13)2-3-11(10)18-7-12(15)17/h2-4,9,14,16H,5-7H2,1H3. The van der Waals surface area contributed by atoms with E-state index in [1.54, 1.807) is 11.9 Å². The molecule has 1 atom stereocenters. The molecule has 1 aromatic carbocycles. The summed E-state index contributed by atoms with van der Waals surface area (Å²) in [5.41, 5.74) is 0.691. The third-order valence-electron chi connectivity index (χ3n) is 2.70. The molecule has 18 heavy (non-hydrogen) atoms. The lowest BCUT2D eigenvalue weighted by Crippen LogP contribution is -2.45. The summed E-state index contributed by atoms with van der Waals surface area (Å²) in [4.78, 5) is 13.4. The van der Waals surface area contributed by atoms with Gasteiger partial charge in [0.2, 0.25) is 0 Å². The van der Waals surface area contributed by atoms with Crippen molar-refractivity contribution < 1.29 is 14.6 Å². The first-order valence-electron chi connectivity index (χ1n) is 5.67. The maximum absolute atomic E-state index is 11.9. The average Bonchev–Trinajstić information content (AvgIpc) is 2.33. The number of likely N-dealkylation sites (N-methyl/N-ethyl adjacent to an activating group) is 1. The Morgan fingerprint density at radius 1 is 1.61 bits per heavy atom. The van der Waals surface area contributed by atoms with Gasteiger partial charge in [-0.25, -0.2) is 0 Å². The van der Waals surface area contributed by atoms with Crippen molar-refractivity contribution in [2.45, 2.75) is 6.10 Å². The van der Waals surface area contributed by atoms with Crippen LogP contribution < -0.4 is 15.0 Å². The van der Waals surface area contributed by atoms with E-state index < -0.39 is 6.10 Å². The lowest BCUT2D eigenvalue weighted by Gasteiger charge is -2.31. The van der Waals surface area contributed by atoms with Gasteiger partial charge in [-0.05, 0) is 25.2 Å². The van der Waals surface area contributed by atoms with Crippen LogP contribution in [-0.4, -0.2) is 43.9 Å². The monoisotopic (exact) mass is 314 g/mol. The van der Waals surface area contributed by atoms with Crippen LogP contribution in [0.4, 0.5) is 5.69 Å². The molecule has 0 aromatic heterocycles. The summed E-state index contributed by atoms with van der Waals surface area (Å²) in [6.07, 6.45) is -0.608. The number of nitrogens with one attached hydrogen (secondary N) is 1. The molecule has 0 aliphatic carbocycles. The van der Waals surface area contributed by atoms with Gasteiger partial charge in [0.05, 0.1) is 18.3 Å². The van der Waals surface area contributed by atoms with Gasteiger partial charge in [-0.3, -0.25) is 4.79 Å². The van der Waals surface area contributed by atoms with Gasteiger partial charge in [-0.1, -0.05) is 15.9 Å². The molecule has 0 saturated carbocycles. The summed E-state index contributed by atoms with van der Waals surface area (Å²) >= 11 is 3.37. The molecule has 1 unspecified atom stereocenters. The van der Waals surface area contributed by atoms with E-state index in [1.165, 1.54) is 0 Å². The van der Waals surface area contributed by atoms with Gasteiger partial charge in [-0.2, -0.15) is 0 Å². The van der Waals surface area contributed by atoms with Crippen LogP contribution in [-0.2, 0) is 4.79 Å². The molecule has 98 valence electrons. The first-order valence-corrected chi connectivity index (χ1v) is 6.46. The largest absolute Gasteiger partial charge is 0.482 e. The number of halogens is 1. The second-order valence-electron chi connectivity index (χ2n) is 4.12. The minimum absolute atomic E-state index is 0.0148. The first kappa shape index (κ1) is 13.3. The summed E-state index contributed by atoms with van der Waals surface area (Å²) in [6, 6.07) is 5.48. The van der Waals surface area contributed by atoms with Crippen molar-refractivity contribution in [2.24, 2.45) is 0 Å². The molecule has 1 heterocycles. The molecule has 1 aliphatic rings. The van der Waals surface area contributed by atoms with Crippen molar-refractivity contribution in [3.63, 3.8) is 0 Å². The zero-order chi connectivity index (χ0) is 13.1. The highest BCUT2D eigenvalue weighted by molar-refractivity contribution is 9.10. The van der Waals surface area contributed by atoms with E-state index >= 15 is 0 Å². The molecular weight excluding hydrogens is 300 g/mol. The smallest absolute Gasteiger partial charge is 0.265 e. The molecule has 0 radical (unpaired) electrons. The number of amides is 1. The van der Waals surface area contributed by atoms with E-state index in [9.17, 15) is 9.90 Å². The van der Waals surface area contributed by atoms with E-state index in [1.807, 2.05) is 18.2 Å². The Morgan fingerprint density at radius 2 is 2.39 bits per heavy atom. The molecule has 5 nitrogen and oxygen atoms in total. The Kier molecular flexibility index (Phi) is 4.21. The van der Waals surface area contributed by atoms with Crippen molar-refractivity contribution in [3.05, 3.63) is 22.7 Å². The van der Waals surface area contributed by atoms with Crippen LogP contribution in [0.2, 0.25) is 0 Å². The highest BCUT2D eigenvalue weighted by atomic mass is 79.9. The zero-order valence-corrected chi connectivity index (χ0v) is 11.6. The average molecular weight is 315 g/mol. The maximum atomic E-state index is 11.9. The summed E-state index contributed by atoms with van der Waals surface area (Å²) < 4.78 is 6.22. The summed E-state index contributed by atoms with van der Waals surface area (Å²) in [5.74, 6) is 0.519. The maximum Gasteiger partial charge on any atom is 0.265 e. The SMILES string of the molecule is CNCC(O)CN1C(=O)COc2ccc(Br)cc21. The van der Waals surface area contributed by atoms with E-state index in [0.29, 0.717) is 18.0 Å². The second-order valence-corrected chi connectivity index (χ2v) is 5.03. The van der Waals surface area contributed by atoms with E-state index in [-0.39, 0.29) is 19.1 Å². The number of carbonyl (C=O) groups is 1. The molecule has 0 spiro atoms. The molecule has 0 bridgehead atoms. The third kappa shape index (κ3) is 2.82. The highest BCUT2D eigenvalue weighted by Crippen LogP contribution is 2.34. The van der Waals surface area contributed by atoms with Crippen LogP contribution in [0, 0.1) is 0 Å². The predicted molar refractivity (Wildman–Crippen MR) is 71.9 cm³/mol. The van der Waals surface area contributed by atoms with Gasteiger partial charge in [0.25, 0.3) is 5.91 Å². The minimum Gasteiger partial charge on any atom is -0.482 e. The number of β-amino-alcohol motifs (C(OH)–C–C–N with tert-alkyl or cyclic N) is 1. The number of aliphatic hydroxyl groups is 1. The minimum atomic E-state index is -0.608. The first-order chi connectivity index (χ1) is 8.61. The topological polar surface area (TPSA) is 61.8 Å². The number of anilines is 1. The highest BCUT2D eigenvalue weighted by Gasteiger charge is 2.27. The van der Waals surface area contributed by atoms with E-state index in [4.69, 9.17) is 4.74 Å². The van der Waals surface area contributed by atoms with Gasteiger partial charge in [0.15, 0.2) is 6.61 Å². The fraction of sp³-hybridized carbons (Fsp3) is 0.417. The number of ether oxygens (including phenoxy) is 1. The number of hydrogen-bond donors (Lipinski definition) is 2. The number of rotatable bonds is 4. The van der Waals surface area contributed by atoms with Gasteiger partial charge in [-0.15, -0.1) is 0 Å². The molecule has 1 aliphatic heterocycles. The predicted octanol–water partition coefficient (Wildman–Crippen LogP) is 0.755. The fourth-order valence-corrected chi connectivity index (χ4v) is 2.24. The van der Waals surface area contributed by atoms with E-state index in [0.717, 1.165) is 4.47 Å². The Balaban J connectivity index is 2.24. The van der Waals surface area contributed by atoms with Crippen LogP contribution in [0.5, 0.6) is 5.75 Å². The summed E-state index contributed by atoms with van der Waals surface area (Å²) in [6.45, 7) is 0.710. The molecular formula is C12H15BrN2O3. The molecule has 0 fully saturated rings. The van der Waals surface area contributed by atoms with Gasteiger partial charge < -0.3 is 20.1 Å². The van der Waals surface area contributed by atoms with Crippen molar-refractivity contribution in [1.82, 2.24) is 5.32 Å². The van der Waals surface area contributed by atoms with Crippen molar-refractivity contribution in [1.29, 1.82) is 0 Å². The lowest BCUT2D eigenvalue weighted by atomic mass is 10.2. The number of nitrogens with zero attached hydrogens (tertiary/aromatic N) is 1. The molecule has 1 amide bonds. The molecule has 2 N–H and O–H groups in total. The van der Waals surface area contributed by atoms with Crippen molar-refractivity contribution in [3.8, 4) is 5.75 Å². The van der Waals surface area contributed by atoms with Crippen LogP contribution in [0.1, 0.15) is 0 Å². The zero-order valence-electron chi connectivity index (χ0n) is 10.0. The number of fused-ring (bicyclic) bond motifs is 1. The quantitative estimate of drug-likeness (QED) is 0.861. The third-order valence-corrected chi connectivity index (χ3v) is 3.19. The molecule has 2 rings (SSSR count). The Labute approximate surface area is 114 Å². The Bertz CT molecular complexity index is 453. The van der Waals surface area contributed by atoms with Gasteiger partial charge >= 0.3 is 0 Å². The Hall–Kier alpha value is -1.11. The molecule has 1 aromatic rings. The van der Waals surface area contributed by atoms with Gasteiger partial charge in [0.1, 0.15) is 5.75 Å². The summed E-state index contributed by atoms with van der Waals surface area (Å²) in [5, 5.41) is 12.7. The lowest BCUT2D eigenvalue weighted by molar-refractivity contribution is -0.121. The fourth-order valence-electron chi connectivity index (χ4n) is 1.89.